The predicted molar refractivity (Wildman–Crippen MR) is 62.8 cm³/mol. The minimum absolute atomic E-state index is 0.293. The molecule has 0 spiro atoms. The molecule has 1 aliphatic rings. The molecule has 0 saturated heterocycles. The molecule has 0 bridgehead atoms. The highest BCUT2D eigenvalue weighted by Crippen LogP contribution is 2.36. The van der Waals surface area contributed by atoms with E-state index in [1.54, 1.807) is 0 Å². The van der Waals surface area contributed by atoms with Gasteiger partial charge in [-0.1, -0.05) is 30.3 Å². The summed E-state index contributed by atoms with van der Waals surface area (Å²) < 4.78 is 0. The lowest BCUT2D eigenvalue weighted by Crippen LogP contribution is -2.24. The summed E-state index contributed by atoms with van der Waals surface area (Å²) in [6, 6.07) is 10.6. The lowest BCUT2D eigenvalue weighted by Gasteiger charge is -2.21. The molecule has 15 heavy (non-hydrogen) atoms. The van der Waals surface area contributed by atoms with E-state index in [2.05, 4.69) is 30.3 Å². The van der Waals surface area contributed by atoms with E-state index < -0.39 is 0 Å². The molecule has 1 saturated carbocycles. The van der Waals surface area contributed by atoms with Crippen LogP contribution in [0.25, 0.3) is 0 Å². The van der Waals surface area contributed by atoms with E-state index in [0.717, 1.165) is 31.6 Å². The quantitative estimate of drug-likeness (QED) is 0.431. The van der Waals surface area contributed by atoms with Gasteiger partial charge in [0.15, 0.2) is 5.92 Å². The molecule has 0 aromatic heterocycles. The van der Waals surface area contributed by atoms with E-state index in [4.69, 9.17) is 11.1 Å². The van der Waals surface area contributed by atoms with Crippen molar-refractivity contribution >= 4 is 5.84 Å². The van der Waals surface area contributed by atoms with Crippen molar-refractivity contribution in [3.63, 3.8) is 0 Å². The number of benzene rings is 1. The van der Waals surface area contributed by atoms with Crippen molar-refractivity contribution < 1.29 is 0 Å². The maximum Gasteiger partial charge on any atom is 0.284 e. The zero-order valence-corrected chi connectivity index (χ0v) is 8.87. The molecule has 1 aliphatic carbocycles. The normalized spacial score (nSPS) is 17.7. The fourth-order valence-corrected chi connectivity index (χ4v) is 2.29. The molecule has 1 aromatic rings. The summed E-state index contributed by atoms with van der Waals surface area (Å²) in [6.07, 6.45) is 4.27. The number of hydrogen-bond acceptors (Lipinski definition) is 1. The van der Waals surface area contributed by atoms with E-state index in [9.17, 15) is 0 Å². The van der Waals surface area contributed by atoms with Crippen molar-refractivity contribution in [1.82, 2.24) is 0 Å². The molecule has 1 aromatic carbocycles. The lowest BCUT2D eigenvalue weighted by molar-refractivity contribution is 0.491. The predicted octanol–water partition coefficient (Wildman–Crippen LogP) is 2.85. The summed E-state index contributed by atoms with van der Waals surface area (Å²) in [5.41, 5.74) is 6.93. The third-order valence-corrected chi connectivity index (χ3v) is 3.24. The van der Waals surface area contributed by atoms with Crippen LogP contribution < -0.4 is 5.73 Å². The first-order valence-electron chi connectivity index (χ1n) is 5.51. The zero-order valence-electron chi connectivity index (χ0n) is 8.87. The molecular weight excluding hydrogens is 184 g/mol. The number of hydrogen-bond donors (Lipinski definition) is 2. The van der Waals surface area contributed by atoms with Crippen molar-refractivity contribution in [2.45, 2.75) is 31.6 Å². The second-order valence-electron chi connectivity index (χ2n) is 4.20. The monoisotopic (exact) mass is 201 g/mol. The summed E-state index contributed by atoms with van der Waals surface area (Å²) in [6.45, 7) is 0. The molecule has 0 atom stereocenters. The Hall–Kier alpha value is -1.44. The highest BCUT2D eigenvalue weighted by atomic mass is 14.7. The summed E-state index contributed by atoms with van der Waals surface area (Å²) in [7, 11) is 0. The van der Waals surface area contributed by atoms with Crippen LogP contribution in [0.4, 0.5) is 0 Å². The third-order valence-electron chi connectivity index (χ3n) is 3.24. The molecule has 78 valence electrons. The Morgan fingerprint density at radius 3 is 2.33 bits per heavy atom. The van der Waals surface area contributed by atoms with Gasteiger partial charge in [0.25, 0.3) is 5.84 Å². The van der Waals surface area contributed by atoms with Crippen LogP contribution in [-0.2, 0) is 0 Å². The van der Waals surface area contributed by atoms with E-state index >= 15 is 0 Å². The Labute approximate surface area is 91.0 Å². The van der Waals surface area contributed by atoms with Gasteiger partial charge >= 0.3 is 0 Å². The van der Waals surface area contributed by atoms with Crippen molar-refractivity contribution in [2.24, 2.45) is 5.73 Å². The Morgan fingerprint density at radius 1 is 1.20 bits per heavy atom. The number of nitrogens with two attached hydrogens (primary N) is 1. The zero-order chi connectivity index (χ0) is 10.7. The first-order valence-corrected chi connectivity index (χ1v) is 5.51. The maximum atomic E-state index is 7.40. The Balaban J connectivity index is 1.97. The standard InChI is InChI=1S/C13H17N2/c14-13(15)12-8-6-11(7-9-12)10-4-2-1-3-5-10/h1-5,11H,6-9H2,(H3,14,15)/q+1. The smallest absolute Gasteiger partial charge is 0.284 e. The van der Waals surface area contributed by atoms with Crippen LogP contribution in [0.3, 0.4) is 0 Å². The first kappa shape index (κ1) is 10.1. The summed E-state index contributed by atoms with van der Waals surface area (Å²) in [5.74, 6) is 2.10. The Kier molecular flexibility index (Phi) is 2.95. The van der Waals surface area contributed by atoms with Crippen LogP contribution in [-0.4, -0.2) is 5.84 Å². The molecule has 2 nitrogen and oxygen atoms in total. The lowest BCUT2D eigenvalue weighted by atomic mass is 9.78. The number of rotatable bonds is 2. The largest absolute Gasteiger partial charge is 0.348 e. The van der Waals surface area contributed by atoms with E-state index in [1.165, 1.54) is 5.56 Å². The minimum Gasteiger partial charge on any atom is -0.348 e. The van der Waals surface area contributed by atoms with Crippen LogP contribution >= 0.6 is 0 Å². The third kappa shape index (κ3) is 2.32. The second-order valence-corrected chi connectivity index (χ2v) is 4.20. The molecule has 0 radical (unpaired) electrons. The molecule has 2 rings (SSSR count). The summed E-state index contributed by atoms with van der Waals surface area (Å²) in [5, 5.41) is 7.40. The number of nitrogens with one attached hydrogen (secondary N) is 1. The molecular formula is C13H17N2+. The van der Waals surface area contributed by atoms with Crippen molar-refractivity contribution in [3.05, 3.63) is 41.8 Å². The van der Waals surface area contributed by atoms with Gasteiger partial charge in [-0.05, 0) is 24.3 Å². The van der Waals surface area contributed by atoms with Crippen LogP contribution in [0.2, 0.25) is 0 Å². The summed E-state index contributed by atoms with van der Waals surface area (Å²) >= 11 is 0. The van der Waals surface area contributed by atoms with E-state index in [1.807, 2.05) is 0 Å². The van der Waals surface area contributed by atoms with Crippen LogP contribution in [0.15, 0.2) is 30.3 Å². The average molecular weight is 201 g/mol. The fourth-order valence-electron chi connectivity index (χ4n) is 2.29. The molecule has 0 unspecified atom stereocenters. The van der Waals surface area contributed by atoms with Gasteiger partial charge < -0.3 is 5.73 Å². The molecule has 0 heterocycles. The maximum absolute atomic E-state index is 7.40. The second kappa shape index (κ2) is 4.39. The van der Waals surface area contributed by atoms with Gasteiger partial charge in [-0.25, -0.2) is 5.41 Å². The van der Waals surface area contributed by atoms with Crippen molar-refractivity contribution in [1.29, 1.82) is 5.41 Å². The van der Waals surface area contributed by atoms with Gasteiger partial charge in [0.1, 0.15) is 0 Å². The van der Waals surface area contributed by atoms with Gasteiger partial charge in [0.05, 0.1) is 12.8 Å². The van der Waals surface area contributed by atoms with Gasteiger partial charge in [-0.3, -0.25) is 0 Å². The van der Waals surface area contributed by atoms with E-state index in [0.29, 0.717) is 11.8 Å². The summed E-state index contributed by atoms with van der Waals surface area (Å²) in [4.78, 5) is 0. The molecule has 2 heteroatoms. The van der Waals surface area contributed by atoms with Gasteiger partial charge in [-0.2, -0.15) is 0 Å². The molecule has 3 N–H and O–H groups in total. The van der Waals surface area contributed by atoms with Gasteiger partial charge in [-0.15, -0.1) is 0 Å². The van der Waals surface area contributed by atoms with Crippen molar-refractivity contribution in [3.8, 4) is 0 Å². The SMILES string of the molecule is N=C(N)[C+]1CCC(c2ccccc2)CC1. The Bertz CT molecular complexity index is 324. The number of amidine groups is 1. The minimum atomic E-state index is 0.293. The van der Waals surface area contributed by atoms with Crippen LogP contribution in [0, 0.1) is 11.3 Å². The highest BCUT2D eigenvalue weighted by molar-refractivity contribution is 5.90. The van der Waals surface area contributed by atoms with Crippen LogP contribution in [0.1, 0.15) is 37.2 Å². The molecule has 0 aliphatic heterocycles. The topological polar surface area (TPSA) is 49.9 Å². The van der Waals surface area contributed by atoms with Gasteiger partial charge in [0, 0.05) is 0 Å². The Morgan fingerprint density at radius 2 is 1.80 bits per heavy atom. The molecule has 0 amide bonds. The fraction of sp³-hybridized carbons (Fsp3) is 0.385. The first-order chi connectivity index (χ1) is 7.27. The molecule has 1 fully saturated rings. The van der Waals surface area contributed by atoms with E-state index in [-0.39, 0.29) is 0 Å². The van der Waals surface area contributed by atoms with Crippen LogP contribution in [0.5, 0.6) is 0 Å². The van der Waals surface area contributed by atoms with Gasteiger partial charge in [0.2, 0.25) is 0 Å². The van der Waals surface area contributed by atoms with Crippen molar-refractivity contribution in [2.75, 3.05) is 0 Å². The highest BCUT2D eigenvalue weighted by Gasteiger charge is 2.32. The average Bonchev–Trinajstić information content (AvgIpc) is 2.30.